The van der Waals surface area contributed by atoms with Crippen molar-refractivity contribution >= 4 is 26.0 Å². The van der Waals surface area contributed by atoms with Crippen molar-refractivity contribution in [2.75, 3.05) is 26.4 Å². The molecule has 0 N–H and O–H groups in total. The van der Waals surface area contributed by atoms with Gasteiger partial charge in [0.2, 0.25) is 6.79 Å². The van der Waals surface area contributed by atoms with Gasteiger partial charge in [-0.3, -0.25) is 18.7 Å². The lowest BCUT2D eigenvalue weighted by atomic mass is 10.0. The standard InChI is InChI=1S/C28H45N2O10P/c1-26(2,3)38-23(31)18-29(17-22-15-16-30(22)25(33)35-19-21-13-11-10-12-14-21)24(32)36-20-37-41(34,39-27(4,5)6)40-28(7,8)9/h10-14,22H,15-20H2,1-9H3/t22-/m1/s1. The number of likely N-dealkylation sites (tertiary alicyclic amines) is 1. The molecule has 0 spiro atoms. The van der Waals surface area contributed by atoms with E-state index in [-0.39, 0.29) is 13.2 Å². The van der Waals surface area contributed by atoms with Crippen molar-refractivity contribution in [2.24, 2.45) is 0 Å². The van der Waals surface area contributed by atoms with Crippen molar-refractivity contribution in [1.82, 2.24) is 9.80 Å². The maximum Gasteiger partial charge on any atom is 0.478 e. The topological polar surface area (TPSA) is 130 Å². The number of ether oxygens (including phenoxy) is 3. The van der Waals surface area contributed by atoms with Crippen LogP contribution >= 0.6 is 7.82 Å². The van der Waals surface area contributed by atoms with Crippen LogP contribution in [0.5, 0.6) is 0 Å². The van der Waals surface area contributed by atoms with Crippen LogP contribution in [0.1, 0.15) is 74.3 Å². The predicted molar refractivity (Wildman–Crippen MR) is 151 cm³/mol. The van der Waals surface area contributed by atoms with Crippen LogP contribution in [0.25, 0.3) is 0 Å². The van der Waals surface area contributed by atoms with Gasteiger partial charge in [0.05, 0.1) is 17.2 Å². The van der Waals surface area contributed by atoms with Gasteiger partial charge >= 0.3 is 26.0 Å². The van der Waals surface area contributed by atoms with Crippen LogP contribution in [0, 0.1) is 0 Å². The predicted octanol–water partition coefficient (Wildman–Crippen LogP) is 5.89. The molecule has 1 fully saturated rings. The van der Waals surface area contributed by atoms with Gasteiger partial charge in [0.15, 0.2) is 0 Å². The molecule has 232 valence electrons. The molecule has 0 aromatic heterocycles. The Kier molecular flexibility index (Phi) is 11.8. The molecular weight excluding hydrogens is 555 g/mol. The van der Waals surface area contributed by atoms with Crippen molar-refractivity contribution in [1.29, 1.82) is 0 Å². The molecule has 12 nitrogen and oxygen atoms in total. The molecule has 2 rings (SSSR count). The molecule has 1 heterocycles. The molecule has 1 saturated heterocycles. The normalized spacial score (nSPS) is 16.0. The van der Waals surface area contributed by atoms with Crippen molar-refractivity contribution in [2.45, 2.75) is 98.2 Å². The zero-order valence-electron chi connectivity index (χ0n) is 25.6. The van der Waals surface area contributed by atoms with Crippen molar-refractivity contribution in [3.63, 3.8) is 0 Å². The van der Waals surface area contributed by atoms with Crippen molar-refractivity contribution in [3.8, 4) is 0 Å². The van der Waals surface area contributed by atoms with Gasteiger partial charge in [-0.05, 0) is 74.3 Å². The fourth-order valence-corrected chi connectivity index (χ4v) is 5.30. The van der Waals surface area contributed by atoms with E-state index < -0.39 is 62.2 Å². The number of phosphoric acid groups is 1. The number of hydrogen-bond donors (Lipinski definition) is 0. The van der Waals surface area contributed by atoms with Crippen molar-refractivity contribution in [3.05, 3.63) is 35.9 Å². The first kappa shape index (κ1) is 34.5. The van der Waals surface area contributed by atoms with Gasteiger partial charge in [0.1, 0.15) is 18.8 Å². The fourth-order valence-electron chi connectivity index (χ4n) is 3.64. The highest BCUT2D eigenvalue weighted by atomic mass is 31.2. The maximum atomic E-state index is 13.2. The third-order valence-corrected chi connectivity index (χ3v) is 7.14. The molecule has 1 aliphatic heterocycles. The highest BCUT2D eigenvalue weighted by molar-refractivity contribution is 7.48. The van der Waals surface area contributed by atoms with E-state index in [9.17, 15) is 18.9 Å². The molecule has 1 aromatic carbocycles. The molecule has 2 amide bonds. The first-order valence-electron chi connectivity index (χ1n) is 13.5. The van der Waals surface area contributed by atoms with E-state index in [1.165, 1.54) is 4.90 Å². The largest absolute Gasteiger partial charge is 0.478 e. The number of rotatable bonds is 11. The molecule has 0 bridgehead atoms. The van der Waals surface area contributed by atoms with Crippen LogP contribution in [-0.2, 0) is 43.7 Å². The first-order chi connectivity index (χ1) is 18.8. The quantitative estimate of drug-likeness (QED) is 0.131. The number of phosphoric ester groups is 1. The lowest BCUT2D eigenvalue weighted by molar-refractivity contribution is -0.156. The SMILES string of the molecule is CC(C)(C)OC(=O)CN(C[C@H]1CCN1C(=O)OCc1ccccc1)C(=O)OCOP(=O)(OC(C)(C)C)OC(C)(C)C. The summed E-state index contributed by atoms with van der Waals surface area (Å²) in [5.41, 5.74) is -1.69. The Balaban J connectivity index is 2.06. The summed E-state index contributed by atoms with van der Waals surface area (Å²) in [7, 11) is -4.14. The lowest BCUT2D eigenvalue weighted by Crippen LogP contribution is -2.57. The van der Waals surface area contributed by atoms with Gasteiger partial charge in [-0.15, -0.1) is 0 Å². The zero-order chi connectivity index (χ0) is 31.1. The fraction of sp³-hybridized carbons (Fsp3) is 0.679. The van der Waals surface area contributed by atoms with Crippen LogP contribution in [0.15, 0.2) is 30.3 Å². The van der Waals surface area contributed by atoms with Crippen LogP contribution in [-0.4, -0.2) is 77.2 Å². The minimum absolute atomic E-state index is 0.0207. The van der Waals surface area contributed by atoms with E-state index in [2.05, 4.69) is 0 Å². The highest BCUT2D eigenvalue weighted by Gasteiger charge is 2.39. The lowest BCUT2D eigenvalue weighted by Gasteiger charge is -2.42. The Morgan fingerprint density at radius 1 is 0.902 bits per heavy atom. The molecule has 0 aliphatic carbocycles. The minimum atomic E-state index is -4.14. The van der Waals surface area contributed by atoms with Crippen LogP contribution in [0.2, 0.25) is 0 Å². The molecule has 1 aliphatic rings. The number of amides is 2. The molecule has 1 aromatic rings. The Bertz CT molecular complexity index is 1060. The summed E-state index contributed by atoms with van der Waals surface area (Å²) in [6.07, 6.45) is -0.875. The Hall–Kier alpha value is -2.66. The summed E-state index contributed by atoms with van der Waals surface area (Å²) in [6.45, 7) is 14.5. The third kappa shape index (κ3) is 13.2. The number of hydrogen-bond acceptors (Lipinski definition) is 10. The average Bonchev–Trinajstić information content (AvgIpc) is 2.76. The second-order valence-corrected chi connectivity index (χ2v) is 14.2. The maximum absolute atomic E-state index is 13.2. The molecule has 41 heavy (non-hydrogen) atoms. The molecule has 0 unspecified atom stereocenters. The van der Waals surface area contributed by atoms with E-state index in [0.717, 1.165) is 10.5 Å². The molecule has 1 atom stereocenters. The number of nitrogens with zero attached hydrogens (tertiary/aromatic N) is 2. The molecular formula is C28H45N2O10P. The van der Waals surface area contributed by atoms with Crippen molar-refractivity contribution < 1.29 is 46.7 Å². The highest BCUT2D eigenvalue weighted by Crippen LogP contribution is 2.55. The summed E-state index contributed by atoms with van der Waals surface area (Å²) in [4.78, 5) is 40.9. The molecule has 0 radical (unpaired) electrons. The van der Waals surface area contributed by atoms with Gasteiger partial charge in [0, 0.05) is 13.1 Å². The molecule has 13 heteroatoms. The Labute approximate surface area is 243 Å². The first-order valence-corrected chi connectivity index (χ1v) is 15.0. The van der Waals surface area contributed by atoms with E-state index in [1.54, 1.807) is 62.3 Å². The van der Waals surface area contributed by atoms with Crippen LogP contribution in [0.3, 0.4) is 0 Å². The summed E-state index contributed by atoms with van der Waals surface area (Å²) < 4.78 is 45.6. The molecule has 0 saturated carbocycles. The second kappa shape index (κ2) is 14.0. The zero-order valence-corrected chi connectivity index (χ0v) is 26.5. The Morgan fingerprint density at radius 2 is 1.49 bits per heavy atom. The van der Waals surface area contributed by atoms with E-state index >= 15 is 0 Å². The van der Waals surface area contributed by atoms with E-state index in [4.69, 9.17) is 27.8 Å². The summed E-state index contributed by atoms with van der Waals surface area (Å²) in [5.74, 6) is -0.661. The summed E-state index contributed by atoms with van der Waals surface area (Å²) in [6, 6.07) is 8.85. The third-order valence-electron chi connectivity index (χ3n) is 5.18. The number of carbonyl (C=O) groups is 3. The average molecular weight is 601 g/mol. The smallest absolute Gasteiger partial charge is 0.459 e. The van der Waals surface area contributed by atoms with Gasteiger partial charge < -0.3 is 19.1 Å². The van der Waals surface area contributed by atoms with Gasteiger partial charge in [-0.2, -0.15) is 0 Å². The van der Waals surface area contributed by atoms with Gasteiger partial charge in [-0.25, -0.2) is 18.7 Å². The van der Waals surface area contributed by atoms with Crippen LogP contribution in [0.4, 0.5) is 9.59 Å². The van der Waals surface area contributed by atoms with Crippen LogP contribution < -0.4 is 0 Å². The second-order valence-electron chi connectivity index (χ2n) is 12.7. The number of benzene rings is 1. The van der Waals surface area contributed by atoms with E-state index in [0.29, 0.717) is 13.0 Å². The Morgan fingerprint density at radius 3 is 1.98 bits per heavy atom. The number of carbonyl (C=O) groups excluding carboxylic acids is 3. The minimum Gasteiger partial charge on any atom is -0.459 e. The summed E-state index contributed by atoms with van der Waals surface area (Å²) in [5, 5.41) is 0. The number of esters is 1. The van der Waals surface area contributed by atoms with Gasteiger partial charge in [0.25, 0.3) is 0 Å². The van der Waals surface area contributed by atoms with E-state index in [1.807, 2.05) is 30.3 Å². The summed E-state index contributed by atoms with van der Waals surface area (Å²) >= 11 is 0. The van der Waals surface area contributed by atoms with Gasteiger partial charge in [-0.1, -0.05) is 30.3 Å². The monoisotopic (exact) mass is 600 g/mol.